The summed E-state index contributed by atoms with van der Waals surface area (Å²) in [7, 11) is 3.19. The second kappa shape index (κ2) is 10.2. The van der Waals surface area contributed by atoms with Gasteiger partial charge in [0.2, 0.25) is 5.91 Å². The number of aliphatic hydroxyl groups excluding tert-OH is 1. The molecule has 0 bridgehead atoms. The second-order valence-corrected chi connectivity index (χ2v) is 6.93. The van der Waals surface area contributed by atoms with E-state index in [1.165, 1.54) is 6.92 Å². The summed E-state index contributed by atoms with van der Waals surface area (Å²) in [6, 6.07) is 11.0. The molecule has 1 amide bonds. The Labute approximate surface area is 176 Å². The van der Waals surface area contributed by atoms with Crippen LogP contribution in [-0.2, 0) is 11.3 Å². The van der Waals surface area contributed by atoms with E-state index in [0.29, 0.717) is 54.9 Å². The first kappa shape index (κ1) is 21.7. The van der Waals surface area contributed by atoms with Crippen molar-refractivity contribution in [1.82, 2.24) is 5.32 Å². The Hall–Kier alpha value is -2.97. The lowest BCUT2D eigenvalue weighted by molar-refractivity contribution is -0.116. The third kappa shape index (κ3) is 5.34. The van der Waals surface area contributed by atoms with Gasteiger partial charge in [-0.15, -0.1) is 0 Å². The summed E-state index contributed by atoms with van der Waals surface area (Å²) in [6.07, 6.45) is -0.693. The fourth-order valence-electron chi connectivity index (χ4n) is 3.24. The number of methoxy groups -OCH3 is 2. The number of hydrogen-bond donors (Lipinski definition) is 2. The van der Waals surface area contributed by atoms with Crippen molar-refractivity contribution in [2.45, 2.75) is 19.6 Å². The van der Waals surface area contributed by atoms with E-state index in [4.69, 9.17) is 18.9 Å². The zero-order chi connectivity index (χ0) is 21.5. The molecule has 1 unspecified atom stereocenters. The predicted molar refractivity (Wildman–Crippen MR) is 113 cm³/mol. The number of ether oxygens (including phenoxy) is 4. The summed E-state index contributed by atoms with van der Waals surface area (Å²) in [5, 5.41) is 13.4. The van der Waals surface area contributed by atoms with Crippen LogP contribution in [0.15, 0.2) is 36.4 Å². The first-order valence-corrected chi connectivity index (χ1v) is 9.79. The quantitative estimate of drug-likeness (QED) is 0.646. The minimum Gasteiger partial charge on any atom is -0.493 e. The smallest absolute Gasteiger partial charge is 0.224 e. The van der Waals surface area contributed by atoms with Gasteiger partial charge >= 0.3 is 0 Å². The highest BCUT2D eigenvalue weighted by Gasteiger charge is 2.22. The number of fused-ring (bicyclic) bond motifs is 1. The normalized spacial score (nSPS) is 13.8. The fourth-order valence-corrected chi connectivity index (χ4v) is 3.24. The van der Waals surface area contributed by atoms with Gasteiger partial charge in [-0.25, -0.2) is 0 Å². The lowest BCUT2D eigenvalue weighted by atomic mass is 10.2. The average Bonchev–Trinajstić information content (AvgIpc) is 2.76. The molecule has 0 radical (unpaired) electrons. The largest absolute Gasteiger partial charge is 0.493 e. The van der Waals surface area contributed by atoms with Crippen LogP contribution in [0.5, 0.6) is 23.0 Å². The molecule has 1 atom stereocenters. The zero-order valence-electron chi connectivity index (χ0n) is 17.5. The van der Waals surface area contributed by atoms with E-state index in [-0.39, 0.29) is 12.5 Å². The molecule has 2 N–H and O–H groups in total. The van der Waals surface area contributed by atoms with Crippen LogP contribution in [0.25, 0.3) is 0 Å². The number of rotatable bonds is 9. The van der Waals surface area contributed by atoms with E-state index in [2.05, 4.69) is 5.32 Å². The summed E-state index contributed by atoms with van der Waals surface area (Å²) >= 11 is 0. The Morgan fingerprint density at radius 3 is 2.73 bits per heavy atom. The summed E-state index contributed by atoms with van der Waals surface area (Å²) in [4.78, 5) is 13.5. The van der Waals surface area contributed by atoms with Crippen molar-refractivity contribution in [2.24, 2.45) is 0 Å². The van der Waals surface area contributed by atoms with E-state index < -0.39 is 6.10 Å². The Bertz CT molecular complexity index is 873. The fraction of sp³-hybridized carbons (Fsp3) is 0.409. The number of anilines is 1. The molecule has 0 spiro atoms. The third-order valence-electron chi connectivity index (χ3n) is 4.77. The van der Waals surface area contributed by atoms with Crippen molar-refractivity contribution < 1.29 is 28.8 Å². The molecule has 30 heavy (non-hydrogen) atoms. The Kier molecular flexibility index (Phi) is 7.37. The molecular formula is C22H28N2O6. The van der Waals surface area contributed by atoms with Crippen LogP contribution >= 0.6 is 0 Å². The van der Waals surface area contributed by atoms with E-state index in [0.717, 1.165) is 5.56 Å². The van der Waals surface area contributed by atoms with Crippen molar-refractivity contribution in [3.63, 3.8) is 0 Å². The molecule has 0 aliphatic carbocycles. The SMILES string of the molecule is COc1ccc(CNCC(O)COc2ccc3c(c2)N(C(C)=O)CCO3)cc1OC. The summed E-state index contributed by atoms with van der Waals surface area (Å²) in [5.41, 5.74) is 1.70. The van der Waals surface area contributed by atoms with Gasteiger partial charge < -0.3 is 34.3 Å². The molecule has 0 saturated heterocycles. The molecule has 1 aliphatic rings. The average molecular weight is 416 g/mol. The van der Waals surface area contributed by atoms with Gasteiger partial charge in [-0.2, -0.15) is 0 Å². The Morgan fingerprint density at radius 2 is 2.00 bits per heavy atom. The molecule has 2 aromatic rings. The van der Waals surface area contributed by atoms with Gasteiger partial charge in [-0.3, -0.25) is 4.79 Å². The van der Waals surface area contributed by atoms with Crippen molar-refractivity contribution in [1.29, 1.82) is 0 Å². The molecule has 0 aromatic heterocycles. The highest BCUT2D eigenvalue weighted by atomic mass is 16.5. The molecule has 1 aliphatic heterocycles. The lowest BCUT2D eigenvalue weighted by Gasteiger charge is -2.29. The highest BCUT2D eigenvalue weighted by Crippen LogP contribution is 2.35. The minimum atomic E-state index is -0.693. The van der Waals surface area contributed by atoms with Crippen LogP contribution in [-0.4, -0.2) is 57.6 Å². The molecule has 3 rings (SSSR count). The van der Waals surface area contributed by atoms with Gasteiger partial charge in [0.25, 0.3) is 0 Å². The van der Waals surface area contributed by atoms with Crippen LogP contribution in [0.3, 0.4) is 0 Å². The maximum absolute atomic E-state index is 11.8. The minimum absolute atomic E-state index is 0.0453. The van der Waals surface area contributed by atoms with E-state index in [1.54, 1.807) is 37.3 Å². The number of carbonyl (C=O) groups excluding carboxylic acids is 1. The Morgan fingerprint density at radius 1 is 1.20 bits per heavy atom. The molecule has 1 heterocycles. The van der Waals surface area contributed by atoms with Gasteiger partial charge in [-0.1, -0.05) is 6.07 Å². The first-order chi connectivity index (χ1) is 14.5. The van der Waals surface area contributed by atoms with Crippen LogP contribution in [0, 0.1) is 0 Å². The van der Waals surface area contributed by atoms with Crippen LogP contribution in [0.2, 0.25) is 0 Å². The molecule has 0 fully saturated rings. The second-order valence-electron chi connectivity index (χ2n) is 6.93. The van der Waals surface area contributed by atoms with Crippen LogP contribution < -0.4 is 29.2 Å². The number of carbonyl (C=O) groups is 1. The molecule has 8 nitrogen and oxygen atoms in total. The number of benzene rings is 2. The standard InChI is InChI=1S/C22H28N2O6/c1-15(25)24-8-9-29-20-7-5-18(11-19(20)24)30-14-17(26)13-23-12-16-4-6-21(27-2)22(10-16)28-3/h4-7,10-11,17,23,26H,8-9,12-14H2,1-3H3. The van der Waals surface area contributed by atoms with Crippen molar-refractivity contribution in [3.8, 4) is 23.0 Å². The van der Waals surface area contributed by atoms with E-state index in [9.17, 15) is 9.90 Å². The number of nitrogens with one attached hydrogen (secondary N) is 1. The predicted octanol–water partition coefficient (Wildman–Crippen LogP) is 1.98. The lowest BCUT2D eigenvalue weighted by Crippen LogP contribution is -2.36. The maximum Gasteiger partial charge on any atom is 0.224 e. The number of amides is 1. The molecule has 8 heteroatoms. The number of aliphatic hydroxyl groups is 1. The number of hydrogen-bond acceptors (Lipinski definition) is 7. The van der Waals surface area contributed by atoms with E-state index >= 15 is 0 Å². The zero-order valence-corrected chi connectivity index (χ0v) is 17.5. The molecule has 162 valence electrons. The van der Waals surface area contributed by atoms with Crippen molar-refractivity contribution >= 4 is 11.6 Å². The van der Waals surface area contributed by atoms with Crippen molar-refractivity contribution in [2.75, 3.05) is 45.4 Å². The van der Waals surface area contributed by atoms with Crippen LogP contribution in [0.1, 0.15) is 12.5 Å². The third-order valence-corrected chi connectivity index (χ3v) is 4.77. The van der Waals surface area contributed by atoms with Gasteiger partial charge in [0, 0.05) is 26.1 Å². The van der Waals surface area contributed by atoms with Crippen molar-refractivity contribution in [3.05, 3.63) is 42.0 Å². The Balaban J connectivity index is 1.49. The van der Waals surface area contributed by atoms with Gasteiger partial charge in [0.05, 0.1) is 26.5 Å². The van der Waals surface area contributed by atoms with Gasteiger partial charge in [-0.05, 0) is 29.8 Å². The molecular weight excluding hydrogens is 388 g/mol. The topological polar surface area (TPSA) is 89.5 Å². The molecule has 2 aromatic carbocycles. The van der Waals surface area contributed by atoms with Gasteiger partial charge in [0.15, 0.2) is 11.5 Å². The number of nitrogens with zero attached hydrogens (tertiary/aromatic N) is 1. The van der Waals surface area contributed by atoms with Crippen LogP contribution in [0.4, 0.5) is 5.69 Å². The maximum atomic E-state index is 11.8. The molecule has 0 saturated carbocycles. The monoisotopic (exact) mass is 416 g/mol. The van der Waals surface area contributed by atoms with Gasteiger partial charge in [0.1, 0.15) is 30.8 Å². The summed E-state index contributed by atoms with van der Waals surface area (Å²) in [5.74, 6) is 2.52. The summed E-state index contributed by atoms with van der Waals surface area (Å²) in [6.45, 7) is 3.56. The summed E-state index contributed by atoms with van der Waals surface area (Å²) < 4.78 is 21.8. The first-order valence-electron chi connectivity index (χ1n) is 9.79. The highest BCUT2D eigenvalue weighted by molar-refractivity contribution is 5.93. The van der Waals surface area contributed by atoms with E-state index in [1.807, 2.05) is 18.2 Å².